The first kappa shape index (κ1) is 22.1. The van der Waals surface area contributed by atoms with Gasteiger partial charge in [-0.2, -0.15) is 10.2 Å². The van der Waals surface area contributed by atoms with Crippen molar-refractivity contribution < 1.29 is 9.90 Å². The Labute approximate surface area is 191 Å². The Hall–Kier alpha value is -4.07. The number of aryl methyl sites for hydroxylation is 2. The summed E-state index contributed by atoms with van der Waals surface area (Å²) < 4.78 is 2.01. The maximum Gasteiger partial charge on any atom is 0.407 e. The smallest absolute Gasteiger partial charge is 0.407 e. The van der Waals surface area contributed by atoms with Crippen LogP contribution in [0.2, 0.25) is 0 Å². The zero-order chi connectivity index (χ0) is 23.7. The third-order valence-electron chi connectivity index (χ3n) is 5.96. The molecule has 0 aliphatic carbocycles. The number of hydrogen-bond acceptors (Lipinski definition) is 8. The van der Waals surface area contributed by atoms with Gasteiger partial charge in [0.05, 0.1) is 34.2 Å². The van der Waals surface area contributed by atoms with Gasteiger partial charge in [-0.05, 0) is 32.4 Å². The highest BCUT2D eigenvalue weighted by Gasteiger charge is 2.24. The first-order chi connectivity index (χ1) is 15.8. The van der Waals surface area contributed by atoms with Crippen molar-refractivity contribution in [3.63, 3.8) is 0 Å². The standard InChI is InChI=1S/C22H27N9O2/c1-13-15(12-23)20(28-21(24)26-13)25-14(2)19-18(11-17-16(27-19)5-8-29(17)3)30-6-4-7-31(10-9-30)22(32)33/h5,8,11,14H,4,6-7,9-10H2,1-3H3,(H,32,33)(H3,24,25,26,28)/t14-/m0/s1. The number of amides is 1. The van der Waals surface area contributed by atoms with Gasteiger partial charge in [0.2, 0.25) is 5.95 Å². The van der Waals surface area contributed by atoms with Crippen molar-refractivity contribution in [1.82, 2.24) is 24.4 Å². The number of rotatable bonds is 4. The summed E-state index contributed by atoms with van der Waals surface area (Å²) in [7, 11) is 1.97. The molecule has 3 aromatic heterocycles. The first-order valence-electron chi connectivity index (χ1n) is 10.8. The van der Waals surface area contributed by atoms with E-state index in [1.54, 1.807) is 6.92 Å². The van der Waals surface area contributed by atoms with Crippen molar-refractivity contribution in [2.24, 2.45) is 7.05 Å². The van der Waals surface area contributed by atoms with Crippen molar-refractivity contribution in [3.05, 3.63) is 35.3 Å². The molecule has 1 aliphatic rings. The fourth-order valence-corrected chi connectivity index (χ4v) is 4.22. The number of nitrogen functional groups attached to an aromatic ring is 1. The van der Waals surface area contributed by atoms with E-state index in [0.29, 0.717) is 43.3 Å². The normalized spacial score (nSPS) is 15.2. The molecule has 0 aromatic carbocycles. The Morgan fingerprint density at radius 3 is 2.79 bits per heavy atom. The Morgan fingerprint density at radius 2 is 2.06 bits per heavy atom. The lowest BCUT2D eigenvalue weighted by molar-refractivity contribution is 0.148. The lowest BCUT2D eigenvalue weighted by Gasteiger charge is -2.28. The van der Waals surface area contributed by atoms with E-state index >= 15 is 0 Å². The van der Waals surface area contributed by atoms with E-state index in [0.717, 1.165) is 28.8 Å². The van der Waals surface area contributed by atoms with Gasteiger partial charge in [0.15, 0.2) is 0 Å². The summed E-state index contributed by atoms with van der Waals surface area (Å²) in [5.74, 6) is 0.456. The second-order valence-corrected chi connectivity index (χ2v) is 8.20. The van der Waals surface area contributed by atoms with Crippen LogP contribution in [-0.2, 0) is 7.05 Å². The minimum atomic E-state index is -0.899. The molecule has 0 radical (unpaired) electrons. The van der Waals surface area contributed by atoms with Crippen LogP contribution in [0.1, 0.15) is 36.3 Å². The van der Waals surface area contributed by atoms with Crippen LogP contribution in [-0.4, -0.2) is 61.8 Å². The van der Waals surface area contributed by atoms with Crippen molar-refractivity contribution in [2.75, 3.05) is 42.1 Å². The van der Waals surface area contributed by atoms with Gasteiger partial charge in [-0.3, -0.25) is 0 Å². The molecule has 33 heavy (non-hydrogen) atoms. The van der Waals surface area contributed by atoms with E-state index in [9.17, 15) is 15.2 Å². The van der Waals surface area contributed by atoms with Gasteiger partial charge < -0.3 is 30.5 Å². The molecule has 0 bridgehead atoms. The maximum atomic E-state index is 11.5. The lowest BCUT2D eigenvalue weighted by atomic mass is 10.1. The zero-order valence-electron chi connectivity index (χ0n) is 18.9. The van der Waals surface area contributed by atoms with Gasteiger partial charge >= 0.3 is 6.09 Å². The Bertz CT molecular complexity index is 1250. The number of carboxylic acid groups (broad SMARTS) is 1. The number of nitrogens with zero attached hydrogens (tertiary/aromatic N) is 7. The SMILES string of the molecule is Cc1nc(N)nc(N[C@@H](C)c2nc3ccn(C)c3cc2N2CCCN(C(=O)O)CC2)c1C#N. The van der Waals surface area contributed by atoms with Crippen LogP contribution in [0.5, 0.6) is 0 Å². The molecule has 3 aromatic rings. The minimum Gasteiger partial charge on any atom is -0.465 e. The van der Waals surface area contributed by atoms with E-state index in [4.69, 9.17) is 10.7 Å². The molecular weight excluding hydrogens is 422 g/mol. The van der Waals surface area contributed by atoms with Gasteiger partial charge in [0.1, 0.15) is 17.5 Å². The average Bonchev–Trinajstić information content (AvgIpc) is 2.97. The molecule has 11 heteroatoms. The van der Waals surface area contributed by atoms with E-state index in [-0.39, 0.29) is 12.0 Å². The molecule has 1 atom stereocenters. The zero-order valence-corrected chi connectivity index (χ0v) is 18.9. The van der Waals surface area contributed by atoms with Gasteiger partial charge in [0, 0.05) is 39.4 Å². The third kappa shape index (κ3) is 4.32. The first-order valence-corrected chi connectivity index (χ1v) is 10.8. The third-order valence-corrected chi connectivity index (χ3v) is 5.96. The van der Waals surface area contributed by atoms with Gasteiger partial charge in [0.25, 0.3) is 0 Å². The predicted octanol–water partition coefficient (Wildman–Crippen LogP) is 2.49. The van der Waals surface area contributed by atoms with Crippen molar-refractivity contribution in [2.45, 2.75) is 26.3 Å². The summed E-state index contributed by atoms with van der Waals surface area (Å²) in [6.07, 6.45) is 1.78. The molecule has 4 N–H and O–H groups in total. The van der Waals surface area contributed by atoms with E-state index in [1.165, 1.54) is 4.90 Å². The molecule has 11 nitrogen and oxygen atoms in total. The van der Waals surface area contributed by atoms with Crippen molar-refractivity contribution in [3.8, 4) is 6.07 Å². The van der Waals surface area contributed by atoms with Crippen LogP contribution in [0, 0.1) is 18.3 Å². The number of fused-ring (bicyclic) bond motifs is 1. The summed E-state index contributed by atoms with van der Waals surface area (Å²) >= 11 is 0. The predicted molar refractivity (Wildman–Crippen MR) is 125 cm³/mol. The number of aromatic nitrogens is 4. The molecule has 0 unspecified atom stereocenters. The van der Waals surface area contributed by atoms with Crippen LogP contribution in [0.4, 0.5) is 22.2 Å². The summed E-state index contributed by atoms with van der Waals surface area (Å²) in [6.45, 7) is 5.87. The Balaban J connectivity index is 1.74. The molecule has 1 fully saturated rings. The average molecular weight is 450 g/mol. The Kier molecular flexibility index (Phi) is 5.91. The van der Waals surface area contributed by atoms with Gasteiger partial charge in [-0.15, -0.1) is 0 Å². The van der Waals surface area contributed by atoms with Crippen LogP contribution in [0.3, 0.4) is 0 Å². The molecule has 1 amide bonds. The lowest BCUT2D eigenvalue weighted by Crippen LogP contribution is -2.34. The number of anilines is 3. The molecule has 172 valence electrons. The number of carbonyl (C=O) groups is 1. The van der Waals surface area contributed by atoms with Crippen LogP contribution >= 0.6 is 0 Å². The van der Waals surface area contributed by atoms with Gasteiger partial charge in [-0.25, -0.2) is 14.8 Å². The second kappa shape index (κ2) is 8.82. The molecule has 0 spiro atoms. The molecule has 1 saturated heterocycles. The molecule has 1 aliphatic heterocycles. The summed E-state index contributed by atoms with van der Waals surface area (Å²) in [5, 5.41) is 22.3. The summed E-state index contributed by atoms with van der Waals surface area (Å²) in [4.78, 5) is 28.3. The van der Waals surface area contributed by atoms with Crippen molar-refractivity contribution in [1.29, 1.82) is 5.26 Å². The number of nitrogens with two attached hydrogens (primary N) is 1. The minimum absolute atomic E-state index is 0.0918. The van der Waals surface area contributed by atoms with E-state index < -0.39 is 6.09 Å². The van der Waals surface area contributed by atoms with Crippen LogP contribution in [0.25, 0.3) is 11.0 Å². The monoisotopic (exact) mass is 449 g/mol. The van der Waals surface area contributed by atoms with Crippen LogP contribution in [0.15, 0.2) is 18.3 Å². The molecular formula is C22H27N9O2. The molecule has 4 heterocycles. The Morgan fingerprint density at radius 1 is 1.27 bits per heavy atom. The summed E-state index contributed by atoms with van der Waals surface area (Å²) in [6, 6.07) is 5.89. The number of pyridine rings is 1. The van der Waals surface area contributed by atoms with Gasteiger partial charge in [-0.1, -0.05) is 0 Å². The second-order valence-electron chi connectivity index (χ2n) is 8.20. The highest BCUT2D eigenvalue weighted by molar-refractivity contribution is 5.81. The fourth-order valence-electron chi connectivity index (χ4n) is 4.22. The van der Waals surface area contributed by atoms with E-state index in [2.05, 4.69) is 32.3 Å². The maximum absolute atomic E-state index is 11.5. The topological polar surface area (TPSA) is 149 Å². The molecule has 4 rings (SSSR count). The number of nitriles is 1. The van der Waals surface area contributed by atoms with Crippen molar-refractivity contribution >= 4 is 34.6 Å². The number of hydrogen-bond donors (Lipinski definition) is 3. The highest BCUT2D eigenvalue weighted by Crippen LogP contribution is 2.32. The summed E-state index contributed by atoms with van der Waals surface area (Å²) in [5.41, 5.74) is 10.2. The largest absolute Gasteiger partial charge is 0.465 e. The fraction of sp³-hybridized carbons (Fsp3) is 0.409. The van der Waals surface area contributed by atoms with E-state index in [1.807, 2.05) is 30.8 Å². The van der Waals surface area contributed by atoms with Crippen LogP contribution < -0.4 is 16.0 Å². The molecule has 0 saturated carbocycles. The number of nitrogens with one attached hydrogen (secondary N) is 1. The highest BCUT2D eigenvalue weighted by atomic mass is 16.4. The quantitative estimate of drug-likeness (QED) is 0.546.